The average Bonchev–Trinajstić information content (AvgIpc) is 3.05. The fourth-order valence-electron chi connectivity index (χ4n) is 5.67. The van der Waals surface area contributed by atoms with Crippen molar-refractivity contribution in [2.24, 2.45) is 0 Å². The third-order valence-electron chi connectivity index (χ3n) is 8.43. The Balaban J connectivity index is 1.80. The van der Waals surface area contributed by atoms with E-state index < -0.39 is 54.1 Å². The first-order chi connectivity index (χ1) is 22.5. The van der Waals surface area contributed by atoms with Crippen LogP contribution in [0.3, 0.4) is 0 Å². The van der Waals surface area contributed by atoms with Crippen molar-refractivity contribution in [3.05, 3.63) is 83.4 Å². The van der Waals surface area contributed by atoms with Gasteiger partial charge in [0.2, 0.25) is 0 Å². The minimum Gasteiger partial charge on any atom is -0.480 e. The fraction of sp³-hybridized carbons (Fsp3) is 0.514. The number of carbonyl (C=O) groups excluding carboxylic acids is 1. The molecule has 0 aromatic heterocycles. The number of hydrogen-bond donors (Lipinski definition) is 1. The number of methoxy groups -OCH3 is 1. The van der Waals surface area contributed by atoms with E-state index in [2.05, 4.69) is 6.92 Å². The van der Waals surface area contributed by atoms with Crippen molar-refractivity contribution in [1.29, 1.82) is 0 Å². The van der Waals surface area contributed by atoms with Gasteiger partial charge in [0, 0.05) is 13.5 Å². The van der Waals surface area contributed by atoms with Crippen LogP contribution in [0.15, 0.2) is 66.8 Å². The lowest BCUT2D eigenvalue weighted by molar-refractivity contribution is -0.206. The van der Waals surface area contributed by atoms with Gasteiger partial charge in [0.15, 0.2) is 12.4 Å². The molecule has 6 nitrogen and oxygen atoms in total. The second-order valence-corrected chi connectivity index (χ2v) is 11.9. The van der Waals surface area contributed by atoms with E-state index in [0.29, 0.717) is 23.3 Å². The number of carboxylic acid groups (broad SMARTS) is 1. The van der Waals surface area contributed by atoms with E-state index in [1.807, 2.05) is 6.92 Å². The summed E-state index contributed by atoms with van der Waals surface area (Å²) in [5, 5.41) is 10.3. The smallest absolute Gasteiger partial charge is 0.425 e. The first-order valence-electron chi connectivity index (χ1n) is 16.4. The van der Waals surface area contributed by atoms with E-state index in [1.54, 1.807) is 31.4 Å². The number of aliphatic carboxylic acids is 1. The van der Waals surface area contributed by atoms with Crippen LogP contribution in [0.5, 0.6) is 5.75 Å². The maximum atomic E-state index is 16.1. The van der Waals surface area contributed by atoms with Crippen LogP contribution >= 0.6 is 0 Å². The molecule has 2 aromatic rings. The normalized spacial score (nSPS) is 19.1. The van der Waals surface area contributed by atoms with E-state index in [0.717, 1.165) is 63.2 Å². The van der Waals surface area contributed by atoms with Crippen molar-refractivity contribution < 1.29 is 46.5 Å². The first-order valence-corrected chi connectivity index (χ1v) is 16.4. The molecule has 4 atom stereocenters. The number of halogens is 4. The highest BCUT2D eigenvalue weighted by atomic mass is 19.4. The molecule has 0 fully saturated rings. The SMILES string of the molecule is CCCCCCCC(OC)Oc1ccc(C2=CC(F)C(C(=O)O)(c3ccccc3C(=O)OC(CCCCCC)C(F)(F)F)C=C2)cc1. The number of alkyl halides is 4. The molecule has 258 valence electrons. The standard InChI is InChI=1S/C37H46F4O6/c1-4-6-8-10-12-18-33(45-3)46-28-21-19-26(20-22-28)27-23-24-36(35(43)44,31(38)25-27)30-16-14-13-15-29(30)34(42)47-32(37(39,40)41)17-11-9-7-5-2/h13-16,19-25,31-33H,4-12,17-18H2,1-3H3,(H,43,44). The van der Waals surface area contributed by atoms with Crippen LogP contribution in [-0.2, 0) is 19.7 Å². The van der Waals surface area contributed by atoms with Crippen LogP contribution in [0.2, 0.25) is 0 Å². The van der Waals surface area contributed by atoms with Gasteiger partial charge >= 0.3 is 18.1 Å². The number of carbonyl (C=O) groups is 2. The topological polar surface area (TPSA) is 82.1 Å². The van der Waals surface area contributed by atoms with Crippen LogP contribution < -0.4 is 4.74 Å². The Hall–Kier alpha value is -3.66. The molecule has 0 aliphatic heterocycles. The van der Waals surface area contributed by atoms with Gasteiger partial charge in [-0.3, -0.25) is 4.79 Å². The molecular formula is C37H46F4O6. The van der Waals surface area contributed by atoms with Gasteiger partial charge in [0.05, 0.1) is 5.56 Å². The second-order valence-electron chi connectivity index (χ2n) is 11.9. The van der Waals surface area contributed by atoms with Gasteiger partial charge in [-0.15, -0.1) is 0 Å². The molecule has 1 N–H and O–H groups in total. The van der Waals surface area contributed by atoms with E-state index in [9.17, 15) is 27.9 Å². The Morgan fingerprint density at radius 1 is 0.894 bits per heavy atom. The van der Waals surface area contributed by atoms with Gasteiger partial charge in [-0.25, -0.2) is 9.18 Å². The van der Waals surface area contributed by atoms with Crippen LogP contribution in [0.25, 0.3) is 5.57 Å². The van der Waals surface area contributed by atoms with E-state index in [-0.39, 0.29) is 12.0 Å². The summed E-state index contributed by atoms with van der Waals surface area (Å²) in [6, 6.07) is 12.0. The number of unbranched alkanes of at least 4 members (excludes halogenated alkanes) is 7. The zero-order valence-electron chi connectivity index (χ0n) is 27.4. The number of esters is 1. The molecule has 47 heavy (non-hydrogen) atoms. The number of benzene rings is 2. The predicted octanol–water partition coefficient (Wildman–Crippen LogP) is 9.77. The van der Waals surface area contributed by atoms with Gasteiger partial charge in [-0.1, -0.05) is 101 Å². The molecule has 3 rings (SSSR count). The summed E-state index contributed by atoms with van der Waals surface area (Å²) in [6.45, 7) is 4.08. The number of ether oxygens (including phenoxy) is 3. The summed E-state index contributed by atoms with van der Waals surface area (Å²) in [4.78, 5) is 25.9. The summed E-state index contributed by atoms with van der Waals surface area (Å²) < 4.78 is 73.7. The Morgan fingerprint density at radius 3 is 2.11 bits per heavy atom. The molecule has 2 aromatic carbocycles. The van der Waals surface area contributed by atoms with Gasteiger partial charge in [-0.05, 0) is 60.2 Å². The molecule has 0 radical (unpaired) electrons. The molecule has 0 saturated carbocycles. The largest absolute Gasteiger partial charge is 0.480 e. The maximum absolute atomic E-state index is 16.1. The van der Waals surface area contributed by atoms with Crippen LogP contribution in [0, 0.1) is 0 Å². The predicted molar refractivity (Wildman–Crippen MR) is 173 cm³/mol. The average molecular weight is 663 g/mol. The van der Waals surface area contributed by atoms with Crippen molar-refractivity contribution in [2.45, 2.75) is 115 Å². The van der Waals surface area contributed by atoms with E-state index >= 15 is 4.39 Å². The molecule has 0 heterocycles. The number of allylic oxidation sites excluding steroid dienone is 3. The highest BCUT2D eigenvalue weighted by Crippen LogP contribution is 2.41. The van der Waals surface area contributed by atoms with Gasteiger partial charge < -0.3 is 19.3 Å². The quantitative estimate of drug-likeness (QED) is 0.0698. The Labute approximate surface area is 274 Å². The Kier molecular flexibility index (Phi) is 14.5. The summed E-state index contributed by atoms with van der Waals surface area (Å²) in [5.74, 6) is -2.41. The number of hydrogen-bond acceptors (Lipinski definition) is 5. The molecule has 1 aliphatic rings. The van der Waals surface area contributed by atoms with Crippen LogP contribution in [-0.4, -0.2) is 48.9 Å². The van der Waals surface area contributed by atoms with Crippen molar-refractivity contribution in [3.63, 3.8) is 0 Å². The molecule has 0 amide bonds. The maximum Gasteiger partial charge on any atom is 0.425 e. The molecule has 0 spiro atoms. The Bertz CT molecular complexity index is 1350. The fourth-order valence-corrected chi connectivity index (χ4v) is 5.67. The van der Waals surface area contributed by atoms with Crippen molar-refractivity contribution >= 4 is 17.5 Å². The van der Waals surface area contributed by atoms with Gasteiger partial charge in [0.25, 0.3) is 0 Å². The molecule has 4 unspecified atom stereocenters. The molecule has 10 heteroatoms. The van der Waals surface area contributed by atoms with Gasteiger partial charge in [0.1, 0.15) is 17.3 Å². The zero-order valence-corrected chi connectivity index (χ0v) is 27.4. The van der Waals surface area contributed by atoms with E-state index in [4.69, 9.17) is 14.2 Å². The van der Waals surface area contributed by atoms with Crippen LogP contribution in [0.4, 0.5) is 17.6 Å². The highest BCUT2D eigenvalue weighted by Gasteiger charge is 2.50. The molecule has 0 saturated heterocycles. The molecule has 0 bridgehead atoms. The minimum atomic E-state index is -4.81. The van der Waals surface area contributed by atoms with Crippen LogP contribution in [0.1, 0.15) is 106 Å². The third kappa shape index (κ3) is 10.2. The third-order valence-corrected chi connectivity index (χ3v) is 8.43. The molecular weight excluding hydrogens is 616 g/mol. The van der Waals surface area contributed by atoms with Crippen molar-refractivity contribution in [1.82, 2.24) is 0 Å². The second kappa shape index (κ2) is 18.0. The summed E-state index contributed by atoms with van der Waals surface area (Å²) in [7, 11) is 1.58. The minimum absolute atomic E-state index is 0.202. The van der Waals surface area contributed by atoms with E-state index in [1.165, 1.54) is 30.7 Å². The summed E-state index contributed by atoms with van der Waals surface area (Å²) >= 11 is 0. The lowest BCUT2D eigenvalue weighted by Gasteiger charge is -2.33. The highest BCUT2D eigenvalue weighted by molar-refractivity contribution is 5.97. The van der Waals surface area contributed by atoms with Gasteiger partial charge in [-0.2, -0.15) is 13.2 Å². The number of rotatable bonds is 19. The molecule has 1 aliphatic carbocycles. The zero-order chi connectivity index (χ0) is 34.5. The lowest BCUT2D eigenvalue weighted by atomic mass is 9.71. The monoisotopic (exact) mass is 662 g/mol. The summed E-state index contributed by atoms with van der Waals surface area (Å²) in [6.07, 6.45) is 2.16. The Morgan fingerprint density at radius 2 is 1.51 bits per heavy atom. The lowest BCUT2D eigenvalue weighted by Crippen LogP contribution is -2.45. The summed E-state index contributed by atoms with van der Waals surface area (Å²) in [5.41, 5.74) is -2.13. The first kappa shape index (κ1) is 37.8. The van der Waals surface area contributed by atoms with Crippen molar-refractivity contribution in [3.8, 4) is 5.75 Å². The number of carboxylic acids is 1. The van der Waals surface area contributed by atoms with Crippen molar-refractivity contribution in [2.75, 3.05) is 7.11 Å².